The van der Waals surface area contributed by atoms with Crippen molar-refractivity contribution in [3.63, 3.8) is 0 Å². The van der Waals surface area contributed by atoms with Crippen LogP contribution in [0, 0.1) is 0 Å². The summed E-state index contributed by atoms with van der Waals surface area (Å²) >= 11 is 0. The van der Waals surface area contributed by atoms with E-state index < -0.39 is 35.3 Å². The van der Waals surface area contributed by atoms with Crippen molar-refractivity contribution in [3.8, 4) is 5.69 Å². The first-order valence-electron chi connectivity index (χ1n) is 11.2. The Kier molecular flexibility index (Phi) is 6.03. The van der Waals surface area contributed by atoms with E-state index in [4.69, 9.17) is 15.0 Å². The summed E-state index contributed by atoms with van der Waals surface area (Å²) in [6.45, 7) is 1.25. The van der Waals surface area contributed by atoms with Crippen LogP contribution >= 0.6 is 0 Å². The van der Waals surface area contributed by atoms with E-state index in [2.05, 4.69) is 20.6 Å². The molecule has 0 bridgehead atoms. The third-order valence-corrected chi connectivity index (χ3v) is 6.09. The first kappa shape index (κ1) is 25.2. The number of carbonyl (C=O) groups is 2. The summed E-state index contributed by atoms with van der Waals surface area (Å²) in [5.74, 6) is -1.42. The number of nitrogen functional groups attached to an aromatic ring is 1. The molecule has 38 heavy (non-hydrogen) atoms. The number of rotatable bonds is 5. The number of aliphatic hydroxyl groups excluding tert-OH is 1. The lowest BCUT2D eigenvalue weighted by Gasteiger charge is -2.40. The number of aromatic nitrogens is 4. The highest BCUT2D eigenvalue weighted by molar-refractivity contribution is 6.06. The minimum absolute atomic E-state index is 0.0273. The number of pyridine rings is 1. The molecule has 15 heteroatoms. The van der Waals surface area contributed by atoms with Gasteiger partial charge in [0.1, 0.15) is 0 Å². The molecule has 0 radical (unpaired) electrons. The van der Waals surface area contributed by atoms with Crippen LogP contribution in [0.15, 0.2) is 53.4 Å². The highest BCUT2D eigenvalue weighted by Crippen LogP contribution is 2.31. The summed E-state index contributed by atoms with van der Waals surface area (Å²) in [5.41, 5.74) is 3.34. The van der Waals surface area contributed by atoms with Crippen molar-refractivity contribution in [2.24, 2.45) is 0 Å². The number of nitrogens with one attached hydrogen (secondary N) is 1. The zero-order valence-corrected chi connectivity index (χ0v) is 19.6. The van der Waals surface area contributed by atoms with Crippen LogP contribution < -0.4 is 16.0 Å². The molecular weight excluding hydrogens is 511 g/mol. The molecule has 4 N–H and O–H groups in total. The summed E-state index contributed by atoms with van der Waals surface area (Å²) in [7, 11) is 0. The van der Waals surface area contributed by atoms with Gasteiger partial charge in [-0.2, -0.15) is 13.2 Å². The lowest BCUT2D eigenvalue weighted by atomic mass is 9.94. The molecule has 0 saturated carbocycles. The van der Waals surface area contributed by atoms with Crippen LogP contribution in [0.4, 0.5) is 30.5 Å². The number of halogens is 3. The maximum absolute atomic E-state index is 13.4. The van der Waals surface area contributed by atoms with Crippen LogP contribution in [0.2, 0.25) is 0 Å². The molecule has 1 aliphatic rings. The number of aliphatic hydroxyl groups is 1. The maximum atomic E-state index is 13.4. The van der Waals surface area contributed by atoms with Gasteiger partial charge in [0.25, 0.3) is 11.8 Å². The average molecular weight is 531 g/mol. The van der Waals surface area contributed by atoms with Crippen molar-refractivity contribution in [2.75, 3.05) is 29.1 Å². The van der Waals surface area contributed by atoms with E-state index in [0.717, 1.165) is 10.7 Å². The molecule has 0 unspecified atom stereocenters. The first-order chi connectivity index (χ1) is 18.0. The fourth-order valence-electron chi connectivity index (χ4n) is 4.00. The number of benzene rings is 1. The Morgan fingerprint density at radius 3 is 2.82 bits per heavy atom. The van der Waals surface area contributed by atoms with Gasteiger partial charge in [0, 0.05) is 30.2 Å². The number of alkyl halides is 3. The fourth-order valence-corrected chi connectivity index (χ4v) is 4.00. The van der Waals surface area contributed by atoms with E-state index in [0.29, 0.717) is 17.2 Å². The second kappa shape index (κ2) is 9.11. The number of nitrogens with zero attached hydrogens (tertiary/aromatic N) is 5. The molecule has 1 aliphatic heterocycles. The standard InChI is InChI=1S/C23H20F3N7O5/c1-22(18(34)20(35)29-13-2-3-15-16(9-13)38-31-19(15)27)21(36)32(6-7-37-22)17-4-5-33(30-17)14-8-12(10-28-11-14)23(24,25)26/h2-5,8-11,18,34H,6-7H2,1H3,(H2,27,31)(H,29,35)/t18-,22+/m0/s1. The van der Waals surface area contributed by atoms with Crippen molar-refractivity contribution in [2.45, 2.75) is 24.8 Å². The van der Waals surface area contributed by atoms with Gasteiger partial charge < -0.3 is 25.4 Å². The monoisotopic (exact) mass is 531 g/mol. The molecule has 5 rings (SSSR count). The smallest absolute Gasteiger partial charge is 0.380 e. The van der Waals surface area contributed by atoms with E-state index in [9.17, 15) is 27.9 Å². The molecular formula is C23H20F3N7O5. The summed E-state index contributed by atoms with van der Waals surface area (Å²) in [6.07, 6.45) is -3.28. The van der Waals surface area contributed by atoms with Gasteiger partial charge in [0.05, 0.1) is 36.0 Å². The highest BCUT2D eigenvalue weighted by Gasteiger charge is 2.51. The van der Waals surface area contributed by atoms with Gasteiger partial charge >= 0.3 is 6.18 Å². The molecule has 12 nitrogen and oxygen atoms in total. The van der Waals surface area contributed by atoms with Crippen LogP contribution in [0.25, 0.3) is 16.7 Å². The average Bonchev–Trinajstić information content (AvgIpc) is 3.52. The molecule has 0 aliphatic carbocycles. The zero-order valence-electron chi connectivity index (χ0n) is 19.6. The van der Waals surface area contributed by atoms with Gasteiger partial charge in [-0.3, -0.25) is 19.5 Å². The van der Waals surface area contributed by atoms with Crippen LogP contribution in [0.1, 0.15) is 12.5 Å². The predicted octanol–water partition coefficient (Wildman–Crippen LogP) is 2.13. The lowest BCUT2D eigenvalue weighted by molar-refractivity contribution is -0.170. The van der Waals surface area contributed by atoms with Crippen molar-refractivity contribution in [3.05, 3.63) is 54.5 Å². The molecule has 198 valence electrons. The van der Waals surface area contributed by atoms with Crippen molar-refractivity contribution >= 4 is 40.1 Å². The summed E-state index contributed by atoms with van der Waals surface area (Å²) in [4.78, 5) is 31.0. The third-order valence-electron chi connectivity index (χ3n) is 6.09. The summed E-state index contributed by atoms with van der Waals surface area (Å²) in [5, 5.41) is 21.7. The van der Waals surface area contributed by atoms with Gasteiger partial charge in [-0.05, 0) is 25.1 Å². The predicted molar refractivity (Wildman–Crippen MR) is 126 cm³/mol. The van der Waals surface area contributed by atoms with E-state index in [1.165, 1.54) is 42.4 Å². The van der Waals surface area contributed by atoms with E-state index in [1.807, 2.05) is 0 Å². The second-order valence-electron chi connectivity index (χ2n) is 8.63. The Morgan fingerprint density at radius 1 is 1.26 bits per heavy atom. The number of hydrogen-bond acceptors (Lipinski definition) is 9. The Hall–Kier alpha value is -4.50. The molecule has 2 amide bonds. The normalized spacial score (nSPS) is 19.1. The largest absolute Gasteiger partial charge is 0.417 e. The van der Waals surface area contributed by atoms with Crippen LogP contribution in [-0.4, -0.2) is 61.7 Å². The second-order valence-corrected chi connectivity index (χ2v) is 8.63. The van der Waals surface area contributed by atoms with Gasteiger partial charge in [0.15, 0.2) is 28.9 Å². The van der Waals surface area contributed by atoms with Crippen LogP contribution in [0.3, 0.4) is 0 Å². The van der Waals surface area contributed by atoms with Crippen molar-refractivity contribution in [1.82, 2.24) is 19.9 Å². The van der Waals surface area contributed by atoms with Gasteiger partial charge in [-0.15, -0.1) is 5.10 Å². The number of fused-ring (bicyclic) bond motifs is 1. The Bertz CT molecular complexity index is 1540. The maximum Gasteiger partial charge on any atom is 0.417 e. The molecule has 3 aromatic heterocycles. The number of hydrogen-bond donors (Lipinski definition) is 3. The molecule has 0 spiro atoms. The first-order valence-corrected chi connectivity index (χ1v) is 11.2. The number of morpholine rings is 1. The Balaban J connectivity index is 1.34. The lowest BCUT2D eigenvalue weighted by Crippen LogP contribution is -2.63. The Morgan fingerprint density at radius 2 is 2.05 bits per heavy atom. The molecule has 4 heterocycles. The number of anilines is 3. The van der Waals surface area contributed by atoms with E-state index >= 15 is 0 Å². The topological polar surface area (TPSA) is 162 Å². The SMILES string of the molecule is C[C@]1([C@@H](O)C(=O)Nc2ccc3c(N)noc3c2)OCCN(c2ccn(-c3cncc(C(F)(F)F)c3)n2)C1=O. The van der Waals surface area contributed by atoms with Gasteiger partial charge in [0.2, 0.25) is 0 Å². The quantitative estimate of drug-likeness (QED) is 0.350. The minimum atomic E-state index is -4.59. The number of amides is 2. The third kappa shape index (κ3) is 4.41. The van der Waals surface area contributed by atoms with Crippen molar-refractivity contribution in [1.29, 1.82) is 0 Å². The van der Waals surface area contributed by atoms with E-state index in [1.54, 1.807) is 6.07 Å². The molecule has 2 atom stereocenters. The zero-order chi connectivity index (χ0) is 27.2. The molecule has 1 aromatic carbocycles. The van der Waals surface area contributed by atoms with Gasteiger partial charge in [-0.1, -0.05) is 5.16 Å². The van der Waals surface area contributed by atoms with Crippen LogP contribution in [0.5, 0.6) is 0 Å². The van der Waals surface area contributed by atoms with Crippen LogP contribution in [-0.2, 0) is 20.5 Å². The number of carbonyl (C=O) groups excluding carboxylic acids is 2. The Labute approximate surface area is 211 Å². The van der Waals surface area contributed by atoms with E-state index in [-0.39, 0.29) is 36.2 Å². The van der Waals surface area contributed by atoms with Crippen molar-refractivity contribution < 1.29 is 37.1 Å². The summed E-state index contributed by atoms with van der Waals surface area (Å²) < 4.78 is 50.9. The molecule has 1 fully saturated rings. The molecule has 1 saturated heterocycles. The number of ether oxygens (including phenoxy) is 1. The minimum Gasteiger partial charge on any atom is -0.380 e. The molecule has 4 aromatic rings. The number of nitrogens with two attached hydrogens (primary N) is 1. The fraction of sp³-hybridized carbons (Fsp3) is 0.261. The summed E-state index contributed by atoms with van der Waals surface area (Å²) in [6, 6.07) is 6.83. The van der Waals surface area contributed by atoms with Gasteiger partial charge in [-0.25, -0.2) is 4.68 Å². The highest BCUT2D eigenvalue weighted by atomic mass is 19.4.